The Balaban J connectivity index is 1.43. The van der Waals surface area contributed by atoms with Gasteiger partial charge in [-0.15, -0.1) is 0 Å². The number of carbonyl (C=O) groups is 2. The van der Waals surface area contributed by atoms with Crippen LogP contribution >= 0.6 is 0 Å². The fraction of sp³-hybridized carbons (Fsp3) is 0.364. The first-order valence-electron chi connectivity index (χ1n) is 9.65. The Hall–Kier alpha value is -2.70. The summed E-state index contributed by atoms with van der Waals surface area (Å²) in [5.74, 6) is -1.25. The Bertz CT molecular complexity index is 759. The fourth-order valence-corrected chi connectivity index (χ4v) is 3.44. The lowest BCUT2D eigenvalue weighted by molar-refractivity contribution is -0.142. The highest BCUT2D eigenvalue weighted by Gasteiger charge is 2.23. The van der Waals surface area contributed by atoms with Crippen LogP contribution in [-0.4, -0.2) is 65.5 Å². The van der Waals surface area contributed by atoms with Gasteiger partial charge in [0.2, 0.25) is 5.91 Å². The van der Waals surface area contributed by atoms with E-state index >= 15 is 0 Å². The zero-order chi connectivity index (χ0) is 19.8. The lowest BCUT2D eigenvalue weighted by atomic mass is 10.1. The van der Waals surface area contributed by atoms with Gasteiger partial charge in [0.1, 0.15) is 6.04 Å². The normalized spacial score (nSPS) is 16.4. The maximum atomic E-state index is 12.4. The van der Waals surface area contributed by atoms with Crippen LogP contribution in [-0.2, 0) is 22.6 Å². The number of aliphatic carboxylic acids is 1. The molecule has 0 aromatic heterocycles. The van der Waals surface area contributed by atoms with Gasteiger partial charge in [-0.05, 0) is 11.1 Å². The van der Waals surface area contributed by atoms with Crippen molar-refractivity contribution in [2.24, 2.45) is 0 Å². The molecule has 1 heterocycles. The van der Waals surface area contributed by atoms with Gasteiger partial charge in [-0.1, -0.05) is 60.7 Å². The van der Waals surface area contributed by atoms with E-state index < -0.39 is 12.0 Å². The average molecular weight is 381 g/mol. The van der Waals surface area contributed by atoms with Gasteiger partial charge in [-0.2, -0.15) is 0 Å². The second-order valence-electron chi connectivity index (χ2n) is 7.19. The molecule has 2 aromatic carbocycles. The van der Waals surface area contributed by atoms with Crippen LogP contribution in [0.3, 0.4) is 0 Å². The molecule has 0 bridgehead atoms. The van der Waals surface area contributed by atoms with Gasteiger partial charge in [0.25, 0.3) is 0 Å². The molecule has 1 aliphatic heterocycles. The van der Waals surface area contributed by atoms with E-state index in [2.05, 4.69) is 27.2 Å². The van der Waals surface area contributed by atoms with Crippen molar-refractivity contribution in [2.75, 3.05) is 32.7 Å². The van der Waals surface area contributed by atoms with Gasteiger partial charge in [0.05, 0.1) is 6.54 Å². The Morgan fingerprint density at radius 3 is 1.96 bits per heavy atom. The summed E-state index contributed by atoms with van der Waals surface area (Å²) in [6.07, 6.45) is 0.284. The van der Waals surface area contributed by atoms with E-state index in [9.17, 15) is 14.7 Å². The number of amides is 1. The minimum absolute atomic E-state index is 0.234. The third kappa shape index (κ3) is 6.18. The second kappa shape index (κ2) is 10.0. The summed E-state index contributed by atoms with van der Waals surface area (Å²) < 4.78 is 0. The Morgan fingerprint density at radius 2 is 1.39 bits per heavy atom. The number of piperazine rings is 1. The van der Waals surface area contributed by atoms with E-state index in [0.717, 1.165) is 38.3 Å². The molecule has 3 rings (SSSR count). The molecular weight excluding hydrogens is 354 g/mol. The van der Waals surface area contributed by atoms with E-state index in [4.69, 9.17) is 0 Å². The van der Waals surface area contributed by atoms with Crippen molar-refractivity contribution in [1.29, 1.82) is 0 Å². The number of carboxylic acids is 1. The van der Waals surface area contributed by atoms with Crippen LogP contribution in [0.15, 0.2) is 60.7 Å². The van der Waals surface area contributed by atoms with E-state index in [-0.39, 0.29) is 18.9 Å². The third-order valence-electron chi connectivity index (χ3n) is 5.00. The molecular formula is C22H27N3O3. The summed E-state index contributed by atoms with van der Waals surface area (Å²) in [5, 5.41) is 12.1. The SMILES string of the molecule is O=C(CN1CCN(Cc2ccccc2)CC1)N[C@H](Cc1ccccc1)C(=O)O. The Labute approximate surface area is 165 Å². The van der Waals surface area contributed by atoms with Crippen LogP contribution in [0.1, 0.15) is 11.1 Å². The standard InChI is InChI=1S/C22H27N3O3/c26-21(23-20(22(27)28)15-18-7-3-1-4-8-18)17-25-13-11-24(12-14-25)16-19-9-5-2-6-10-19/h1-10,20H,11-17H2,(H,23,26)(H,27,28)/t20-/m1/s1. The van der Waals surface area contributed by atoms with Crippen LogP contribution in [0.2, 0.25) is 0 Å². The molecule has 1 aliphatic rings. The predicted molar refractivity (Wildman–Crippen MR) is 108 cm³/mol. The minimum atomic E-state index is -1.01. The summed E-state index contributed by atoms with van der Waals surface area (Å²) in [6.45, 7) is 4.55. The van der Waals surface area contributed by atoms with E-state index in [1.165, 1.54) is 5.56 Å². The summed E-state index contributed by atoms with van der Waals surface area (Å²) in [6, 6.07) is 18.8. The van der Waals surface area contributed by atoms with E-state index in [1.54, 1.807) is 0 Å². The summed E-state index contributed by atoms with van der Waals surface area (Å²) >= 11 is 0. The lowest BCUT2D eigenvalue weighted by Crippen LogP contribution is -2.51. The predicted octanol–water partition coefficient (Wildman–Crippen LogP) is 1.62. The highest BCUT2D eigenvalue weighted by Crippen LogP contribution is 2.08. The topological polar surface area (TPSA) is 72.9 Å². The van der Waals surface area contributed by atoms with E-state index in [1.807, 2.05) is 48.5 Å². The molecule has 6 heteroatoms. The molecule has 0 unspecified atom stereocenters. The number of hydrogen-bond acceptors (Lipinski definition) is 4. The van der Waals surface area contributed by atoms with Crippen LogP contribution in [0.4, 0.5) is 0 Å². The number of carbonyl (C=O) groups excluding carboxylic acids is 1. The molecule has 2 N–H and O–H groups in total. The molecule has 0 spiro atoms. The van der Waals surface area contributed by atoms with Crippen LogP contribution < -0.4 is 5.32 Å². The molecule has 0 aliphatic carbocycles. The molecule has 6 nitrogen and oxygen atoms in total. The van der Waals surface area contributed by atoms with Gasteiger partial charge in [-0.25, -0.2) is 4.79 Å². The number of hydrogen-bond donors (Lipinski definition) is 2. The van der Waals surface area contributed by atoms with Crippen LogP contribution in [0.5, 0.6) is 0 Å². The molecule has 1 saturated heterocycles. The van der Waals surface area contributed by atoms with Crippen molar-refractivity contribution in [1.82, 2.24) is 15.1 Å². The Kier molecular flexibility index (Phi) is 7.17. The van der Waals surface area contributed by atoms with Crippen LogP contribution in [0, 0.1) is 0 Å². The molecule has 1 amide bonds. The second-order valence-corrected chi connectivity index (χ2v) is 7.19. The zero-order valence-electron chi connectivity index (χ0n) is 16.0. The van der Waals surface area contributed by atoms with Gasteiger partial charge < -0.3 is 10.4 Å². The molecule has 148 valence electrons. The lowest BCUT2D eigenvalue weighted by Gasteiger charge is -2.34. The van der Waals surface area contributed by atoms with Crippen molar-refractivity contribution in [3.8, 4) is 0 Å². The fourth-order valence-electron chi connectivity index (χ4n) is 3.44. The van der Waals surface area contributed by atoms with Crippen LogP contribution in [0.25, 0.3) is 0 Å². The number of benzene rings is 2. The number of nitrogens with one attached hydrogen (secondary N) is 1. The highest BCUT2D eigenvalue weighted by atomic mass is 16.4. The van der Waals surface area contributed by atoms with Crippen molar-refractivity contribution in [3.63, 3.8) is 0 Å². The molecule has 0 saturated carbocycles. The van der Waals surface area contributed by atoms with Crippen molar-refractivity contribution in [2.45, 2.75) is 19.0 Å². The minimum Gasteiger partial charge on any atom is -0.480 e. The maximum absolute atomic E-state index is 12.4. The van der Waals surface area contributed by atoms with Crippen molar-refractivity contribution in [3.05, 3.63) is 71.8 Å². The first-order chi connectivity index (χ1) is 13.6. The van der Waals surface area contributed by atoms with Crippen molar-refractivity contribution >= 4 is 11.9 Å². The van der Waals surface area contributed by atoms with Gasteiger partial charge in [-0.3, -0.25) is 14.6 Å². The molecule has 1 atom stereocenters. The van der Waals surface area contributed by atoms with Gasteiger partial charge in [0, 0.05) is 39.1 Å². The van der Waals surface area contributed by atoms with Gasteiger partial charge >= 0.3 is 5.97 Å². The highest BCUT2D eigenvalue weighted by molar-refractivity contribution is 5.84. The molecule has 2 aromatic rings. The number of rotatable bonds is 8. The first kappa shape index (κ1) is 20.0. The molecule has 0 radical (unpaired) electrons. The third-order valence-corrected chi connectivity index (χ3v) is 5.00. The first-order valence-corrected chi connectivity index (χ1v) is 9.65. The van der Waals surface area contributed by atoms with Crippen molar-refractivity contribution < 1.29 is 14.7 Å². The number of nitrogens with zero attached hydrogens (tertiary/aromatic N) is 2. The Morgan fingerprint density at radius 1 is 0.857 bits per heavy atom. The summed E-state index contributed by atoms with van der Waals surface area (Å²) in [4.78, 5) is 28.3. The molecule has 1 fully saturated rings. The zero-order valence-corrected chi connectivity index (χ0v) is 16.0. The number of carboxylic acid groups (broad SMARTS) is 1. The smallest absolute Gasteiger partial charge is 0.326 e. The largest absolute Gasteiger partial charge is 0.480 e. The monoisotopic (exact) mass is 381 g/mol. The van der Waals surface area contributed by atoms with E-state index in [0.29, 0.717) is 0 Å². The maximum Gasteiger partial charge on any atom is 0.326 e. The van der Waals surface area contributed by atoms with Gasteiger partial charge in [0.15, 0.2) is 0 Å². The quantitative estimate of drug-likeness (QED) is 0.727. The summed E-state index contributed by atoms with van der Waals surface area (Å²) in [5.41, 5.74) is 2.18. The summed E-state index contributed by atoms with van der Waals surface area (Å²) in [7, 11) is 0. The average Bonchev–Trinajstić information content (AvgIpc) is 2.70. The molecule has 28 heavy (non-hydrogen) atoms.